The zero-order valence-electron chi connectivity index (χ0n) is 12.4. The maximum atomic E-state index is 6.28. The standard InChI is InChI=1S/C16H28OSi/c1-5-7-14-18(3,4)16(11-6-2)17-15-12-9-8-10-13-15/h8-10,12-13,16H,5-7,11,14H2,1-4H3. The SMILES string of the molecule is CCCC[Si](C)(C)C(CCC)Oc1ccccc1. The van der Waals surface area contributed by atoms with Gasteiger partial charge in [0, 0.05) is 0 Å². The van der Waals surface area contributed by atoms with Gasteiger partial charge in [0.2, 0.25) is 0 Å². The van der Waals surface area contributed by atoms with Crippen LogP contribution in [0.2, 0.25) is 19.1 Å². The molecule has 0 spiro atoms. The Bertz CT molecular complexity index is 321. The Morgan fingerprint density at radius 3 is 2.28 bits per heavy atom. The van der Waals surface area contributed by atoms with Crippen molar-refractivity contribution in [2.45, 2.75) is 64.4 Å². The second kappa shape index (κ2) is 7.62. The summed E-state index contributed by atoms with van der Waals surface area (Å²) in [4.78, 5) is 0. The Morgan fingerprint density at radius 1 is 1.06 bits per heavy atom. The van der Waals surface area contributed by atoms with Crippen LogP contribution in [0.1, 0.15) is 39.5 Å². The molecule has 1 aromatic carbocycles. The highest BCUT2D eigenvalue weighted by Gasteiger charge is 2.32. The van der Waals surface area contributed by atoms with Gasteiger partial charge in [-0.2, -0.15) is 0 Å². The molecule has 1 aromatic rings. The Balaban J connectivity index is 2.69. The summed E-state index contributed by atoms with van der Waals surface area (Å²) in [6.45, 7) is 9.49. The van der Waals surface area contributed by atoms with Gasteiger partial charge >= 0.3 is 0 Å². The van der Waals surface area contributed by atoms with Crippen LogP contribution in [0.25, 0.3) is 0 Å². The van der Waals surface area contributed by atoms with E-state index in [2.05, 4.69) is 51.2 Å². The summed E-state index contributed by atoms with van der Waals surface area (Å²) in [5.74, 6) is 1.04. The summed E-state index contributed by atoms with van der Waals surface area (Å²) in [5.41, 5.74) is 0.455. The van der Waals surface area contributed by atoms with Crippen molar-refractivity contribution >= 4 is 8.07 Å². The zero-order valence-corrected chi connectivity index (χ0v) is 13.4. The molecule has 102 valence electrons. The Hall–Kier alpha value is -0.763. The Kier molecular flexibility index (Phi) is 6.48. The highest BCUT2D eigenvalue weighted by Crippen LogP contribution is 2.25. The van der Waals surface area contributed by atoms with Crippen LogP contribution in [0.3, 0.4) is 0 Å². The fourth-order valence-electron chi connectivity index (χ4n) is 2.33. The molecule has 1 atom stereocenters. The van der Waals surface area contributed by atoms with Gasteiger partial charge in [-0.05, 0) is 18.6 Å². The van der Waals surface area contributed by atoms with Crippen molar-refractivity contribution in [1.29, 1.82) is 0 Å². The van der Waals surface area contributed by atoms with Crippen LogP contribution in [0.5, 0.6) is 5.75 Å². The van der Waals surface area contributed by atoms with Gasteiger partial charge in [0.05, 0.1) is 13.8 Å². The number of hydrogen-bond acceptors (Lipinski definition) is 1. The monoisotopic (exact) mass is 264 g/mol. The van der Waals surface area contributed by atoms with Crippen LogP contribution in [-0.2, 0) is 0 Å². The summed E-state index contributed by atoms with van der Waals surface area (Å²) in [5, 5.41) is 0. The van der Waals surface area contributed by atoms with E-state index in [-0.39, 0.29) is 0 Å². The van der Waals surface area contributed by atoms with Crippen molar-refractivity contribution in [3.8, 4) is 5.75 Å². The number of ether oxygens (including phenoxy) is 1. The summed E-state index contributed by atoms with van der Waals surface area (Å²) < 4.78 is 6.28. The quantitative estimate of drug-likeness (QED) is 0.580. The molecule has 0 radical (unpaired) electrons. The molecule has 0 aliphatic carbocycles. The lowest BCUT2D eigenvalue weighted by atomic mass is 10.3. The van der Waals surface area contributed by atoms with E-state index in [0.29, 0.717) is 5.73 Å². The summed E-state index contributed by atoms with van der Waals surface area (Å²) in [6, 6.07) is 11.7. The molecule has 1 nitrogen and oxygen atoms in total. The maximum Gasteiger partial charge on any atom is 0.119 e. The molecule has 0 fully saturated rings. The van der Waals surface area contributed by atoms with Crippen molar-refractivity contribution in [1.82, 2.24) is 0 Å². The van der Waals surface area contributed by atoms with Crippen LogP contribution in [-0.4, -0.2) is 13.8 Å². The molecule has 0 heterocycles. The highest BCUT2D eigenvalue weighted by atomic mass is 28.3. The van der Waals surface area contributed by atoms with E-state index < -0.39 is 8.07 Å². The minimum Gasteiger partial charge on any atom is -0.494 e. The lowest BCUT2D eigenvalue weighted by Gasteiger charge is -2.33. The van der Waals surface area contributed by atoms with Gasteiger partial charge in [0.1, 0.15) is 5.75 Å². The second-order valence-corrected chi connectivity index (χ2v) is 10.9. The second-order valence-electron chi connectivity index (χ2n) is 5.80. The summed E-state index contributed by atoms with van der Waals surface area (Å²) in [6.07, 6.45) is 5.04. The predicted octanol–water partition coefficient (Wildman–Crippen LogP) is 5.28. The predicted molar refractivity (Wildman–Crippen MR) is 83.0 cm³/mol. The number of rotatable bonds is 8. The lowest BCUT2D eigenvalue weighted by Crippen LogP contribution is -2.45. The fourth-order valence-corrected chi connectivity index (χ4v) is 5.44. The van der Waals surface area contributed by atoms with Crippen molar-refractivity contribution in [3.63, 3.8) is 0 Å². The average molecular weight is 264 g/mol. The lowest BCUT2D eigenvalue weighted by molar-refractivity contribution is 0.255. The first-order chi connectivity index (χ1) is 8.60. The maximum absolute atomic E-state index is 6.28. The van der Waals surface area contributed by atoms with Crippen molar-refractivity contribution < 1.29 is 4.74 Å². The molecule has 18 heavy (non-hydrogen) atoms. The summed E-state index contributed by atoms with van der Waals surface area (Å²) >= 11 is 0. The molecule has 0 aliphatic rings. The van der Waals surface area contributed by atoms with E-state index in [0.717, 1.165) is 5.75 Å². The molecule has 0 saturated carbocycles. The molecule has 0 saturated heterocycles. The van der Waals surface area contributed by atoms with Crippen LogP contribution in [0.15, 0.2) is 30.3 Å². The molecule has 2 heteroatoms. The van der Waals surface area contributed by atoms with Crippen molar-refractivity contribution in [2.75, 3.05) is 0 Å². The third-order valence-electron chi connectivity index (χ3n) is 3.62. The largest absolute Gasteiger partial charge is 0.494 e. The minimum atomic E-state index is -1.28. The van der Waals surface area contributed by atoms with E-state index in [1.54, 1.807) is 0 Å². The van der Waals surface area contributed by atoms with Crippen LogP contribution in [0, 0.1) is 0 Å². The molecule has 0 N–H and O–H groups in total. The van der Waals surface area contributed by atoms with E-state index in [1.165, 1.54) is 31.7 Å². The molecule has 0 aromatic heterocycles. The highest BCUT2D eigenvalue weighted by molar-refractivity contribution is 6.78. The van der Waals surface area contributed by atoms with Gasteiger partial charge in [-0.3, -0.25) is 0 Å². The zero-order chi connectivity index (χ0) is 13.4. The first kappa shape index (κ1) is 15.3. The molecular weight excluding hydrogens is 236 g/mol. The van der Waals surface area contributed by atoms with Crippen LogP contribution < -0.4 is 4.74 Å². The molecule has 0 bridgehead atoms. The molecule has 0 amide bonds. The van der Waals surface area contributed by atoms with Gasteiger partial charge in [0.15, 0.2) is 0 Å². The smallest absolute Gasteiger partial charge is 0.119 e. The van der Waals surface area contributed by atoms with Crippen molar-refractivity contribution in [3.05, 3.63) is 30.3 Å². The van der Waals surface area contributed by atoms with Crippen LogP contribution in [0.4, 0.5) is 0 Å². The van der Waals surface area contributed by atoms with Gasteiger partial charge in [-0.1, -0.05) is 70.4 Å². The number of unbranched alkanes of at least 4 members (excludes halogenated alkanes) is 1. The molecule has 1 unspecified atom stereocenters. The van der Waals surface area contributed by atoms with Gasteiger partial charge in [0.25, 0.3) is 0 Å². The topological polar surface area (TPSA) is 9.23 Å². The fraction of sp³-hybridized carbons (Fsp3) is 0.625. The first-order valence-electron chi connectivity index (χ1n) is 7.32. The van der Waals surface area contributed by atoms with E-state index >= 15 is 0 Å². The Labute approximate surface area is 114 Å². The number of para-hydroxylation sites is 1. The van der Waals surface area contributed by atoms with E-state index in [9.17, 15) is 0 Å². The minimum absolute atomic E-state index is 0.455. The number of benzene rings is 1. The average Bonchev–Trinajstić information content (AvgIpc) is 2.37. The number of hydrogen-bond donors (Lipinski definition) is 0. The van der Waals surface area contributed by atoms with Crippen LogP contribution >= 0.6 is 0 Å². The van der Waals surface area contributed by atoms with E-state index in [1.807, 2.05) is 6.07 Å². The van der Waals surface area contributed by atoms with E-state index in [4.69, 9.17) is 4.74 Å². The van der Waals surface area contributed by atoms with Gasteiger partial charge < -0.3 is 4.74 Å². The molecular formula is C16H28OSi. The third kappa shape index (κ3) is 4.85. The summed E-state index contributed by atoms with van der Waals surface area (Å²) in [7, 11) is -1.28. The van der Waals surface area contributed by atoms with Gasteiger partial charge in [-0.25, -0.2) is 0 Å². The third-order valence-corrected chi connectivity index (χ3v) is 7.41. The molecule has 1 rings (SSSR count). The normalized spacial score (nSPS) is 13.3. The Morgan fingerprint density at radius 2 is 1.72 bits per heavy atom. The van der Waals surface area contributed by atoms with Gasteiger partial charge in [-0.15, -0.1) is 0 Å². The molecule has 0 aliphatic heterocycles. The first-order valence-corrected chi connectivity index (χ1v) is 10.6. The van der Waals surface area contributed by atoms with Crippen molar-refractivity contribution in [2.24, 2.45) is 0 Å².